The molecular weight excluding hydrogens is 261 g/mol. The molecule has 2 aromatic rings. The first-order valence-electron chi connectivity index (χ1n) is 5.48. The van der Waals surface area contributed by atoms with Crippen molar-refractivity contribution in [2.75, 3.05) is 0 Å². The van der Waals surface area contributed by atoms with Gasteiger partial charge in [-0.1, -0.05) is 6.92 Å². The third-order valence-electron chi connectivity index (χ3n) is 2.72. The Morgan fingerprint density at radius 2 is 2.00 bits per heavy atom. The normalized spacial score (nSPS) is 11.8. The minimum absolute atomic E-state index is 0.0131. The van der Waals surface area contributed by atoms with Crippen molar-refractivity contribution >= 4 is 16.6 Å². The van der Waals surface area contributed by atoms with E-state index < -0.39 is 16.7 Å². The molecular formula is C12H9F3N2O2. The number of halogens is 3. The Balaban J connectivity index is 2.78. The highest BCUT2D eigenvalue weighted by Crippen LogP contribution is 2.35. The zero-order valence-corrected chi connectivity index (χ0v) is 9.86. The van der Waals surface area contributed by atoms with Crippen LogP contribution in [0.5, 0.6) is 0 Å². The highest BCUT2D eigenvalue weighted by Gasteiger charge is 2.33. The molecule has 0 bridgehead atoms. The molecule has 0 N–H and O–H groups in total. The first-order chi connectivity index (χ1) is 8.82. The summed E-state index contributed by atoms with van der Waals surface area (Å²) in [7, 11) is 0. The molecule has 0 atom stereocenters. The lowest BCUT2D eigenvalue weighted by atomic mass is 10.1. The van der Waals surface area contributed by atoms with Crippen LogP contribution < -0.4 is 0 Å². The fourth-order valence-corrected chi connectivity index (χ4v) is 1.80. The molecule has 0 saturated heterocycles. The lowest BCUT2D eigenvalue weighted by Crippen LogP contribution is -2.08. The minimum Gasteiger partial charge on any atom is -0.258 e. The van der Waals surface area contributed by atoms with Crippen LogP contribution in [0.1, 0.15) is 18.2 Å². The Bertz CT molecular complexity index is 653. The third-order valence-corrected chi connectivity index (χ3v) is 2.72. The molecule has 0 aliphatic rings. The second kappa shape index (κ2) is 4.49. The number of aromatic nitrogens is 1. The van der Waals surface area contributed by atoms with E-state index >= 15 is 0 Å². The number of nitro benzene ring substituents is 1. The van der Waals surface area contributed by atoms with Gasteiger partial charge in [-0.05, 0) is 18.6 Å². The number of hydrogen-bond acceptors (Lipinski definition) is 3. The number of non-ortho nitro benzene ring substituents is 1. The van der Waals surface area contributed by atoms with Gasteiger partial charge in [-0.2, -0.15) is 13.2 Å². The lowest BCUT2D eigenvalue weighted by molar-refractivity contribution is -0.384. The number of nitro groups is 1. The van der Waals surface area contributed by atoms with E-state index in [1.165, 1.54) is 0 Å². The van der Waals surface area contributed by atoms with Gasteiger partial charge in [-0.15, -0.1) is 0 Å². The summed E-state index contributed by atoms with van der Waals surface area (Å²) in [5, 5.41) is 10.5. The molecule has 0 aliphatic carbocycles. The van der Waals surface area contributed by atoms with Gasteiger partial charge in [-0.3, -0.25) is 15.1 Å². The van der Waals surface area contributed by atoms with Gasteiger partial charge in [0.15, 0.2) is 0 Å². The van der Waals surface area contributed by atoms with Crippen molar-refractivity contribution in [1.29, 1.82) is 0 Å². The van der Waals surface area contributed by atoms with Gasteiger partial charge < -0.3 is 0 Å². The molecule has 0 unspecified atom stereocenters. The molecule has 7 heteroatoms. The van der Waals surface area contributed by atoms with Crippen molar-refractivity contribution < 1.29 is 18.1 Å². The Hall–Kier alpha value is -2.18. The number of hydrogen-bond donors (Lipinski definition) is 0. The van der Waals surface area contributed by atoms with Crippen LogP contribution in [0.3, 0.4) is 0 Å². The van der Waals surface area contributed by atoms with E-state index in [1.807, 2.05) is 0 Å². The fraction of sp³-hybridized carbons (Fsp3) is 0.250. The van der Waals surface area contributed by atoms with E-state index in [2.05, 4.69) is 4.98 Å². The first kappa shape index (κ1) is 13.3. The third kappa shape index (κ3) is 2.49. The fourth-order valence-electron chi connectivity index (χ4n) is 1.80. The average molecular weight is 270 g/mol. The van der Waals surface area contributed by atoms with E-state index in [9.17, 15) is 23.3 Å². The Morgan fingerprint density at radius 3 is 2.53 bits per heavy atom. The van der Waals surface area contributed by atoms with Crippen molar-refractivity contribution in [1.82, 2.24) is 4.98 Å². The van der Waals surface area contributed by atoms with Crippen LogP contribution in [0.25, 0.3) is 10.9 Å². The number of nitrogens with zero attached hydrogens (tertiary/aromatic N) is 2. The van der Waals surface area contributed by atoms with Crippen molar-refractivity contribution in [3.8, 4) is 0 Å². The summed E-state index contributed by atoms with van der Waals surface area (Å²) in [5.74, 6) is 0. The number of aryl methyl sites for hydroxylation is 1. The molecule has 0 spiro atoms. The molecule has 1 aromatic carbocycles. The summed E-state index contributed by atoms with van der Waals surface area (Å²) in [4.78, 5) is 14.0. The summed E-state index contributed by atoms with van der Waals surface area (Å²) in [6, 6.07) is 4.17. The van der Waals surface area contributed by atoms with Crippen molar-refractivity contribution in [3.63, 3.8) is 0 Å². The molecule has 0 fully saturated rings. The number of pyridine rings is 1. The smallest absolute Gasteiger partial charge is 0.258 e. The Labute approximate surface area is 106 Å². The van der Waals surface area contributed by atoms with Gasteiger partial charge in [0, 0.05) is 23.2 Å². The standard InChI is InChI=1S/C12H9F3N2O2/c1-2-7-5-10(12(13,14)15)9-4-3-8(17(18)19)6-11(9)16-7/h3-6H,2H2,1H3. The second-order valence-electron chi connectivity index (χ2n) is 3.97. The maximum Gasteiger partial charge on any atom is 0.417 e. The van der Waals surface area contributed by atoms with E-state index in [0.29, 0.717) is 6.42 Å². The van der Waals surface area contributed by atoms with Crippen molar-refractivity contribution in [3.05, 3.63) is 45.6 Å². The molecule has 100 valence electrons. The van der Waals surface area contributed by atoms with Gasteiger partial charge >= 0.3 is 6.18 Å². The maximum absolute atomic E-state index is 12.9. The number of fused-ring (bicyclic) bond motifs is 1. The predicted molar refractivity (Wildman–Crippen MR) is 62.8 cm³/mol. The molecule has 1 heterocycles. The lowest BCUT2D eigenvalue weighted by Gasteiger charge is -2.11. The zero-order valence-electron chi connectivity index (χ0n) is 9.86. The molecule has 2 rings (SSSR count). The van der Waals surface area contributed by atoms with Crippen LogP contribution >= 0.6 is 0 Å². The van der Waals surface area contributed by atoms with Crippen LogP contribution in [-0.2, 0) is 12.6 Å². The van der Waals surface area contributed by atoms with Gasteiger partial charge in [0.05, 0.1) is 16.0 Å². The van der Waals surface area contributed by atoms with Crippen molar-refractivity contribution in [2.24, 2.45) is 0 Å². The summed E-state index contributed by atoms with van der Waals surface area (Å²) in [6.07, 6.45) is -4.19. The zero-order chi connectivity index (χ0) is 14.2. The summed E-state index contributed by atoms with van der Waals surface area (Å²) in [5.41, 5.74) is -0.855. The van der Waals surface area contributed by atoms with Crippen molar-refractivity contribution in [2.45, 2.75) is 19.5 Å². The highest BCUT2D eigenvalue weighted by atomic mass is 19.4. The average Bonchev–Trinajstić information content (AvgIpc) is 2.35. The maximum atomic E-state index is 12.9. The molecule has 0 amide bonds. The highest BCUT2D eigenvalue weighted by molar-refractivity contribution is 5.85. The summed E-state index contributed by atoms with van der Waals surface area (Å²) >= 11 is 0. The molecule has 19 heavy (non-hydrogen) atoms. The Morgan fingerprint density at radius 1 is 1.32 bits per heavy atom. The van der Waals surface area contributed by atoms with E-state index in [0.717, 1.165) is 24.3 Å². The number of alkyl halides is 3. The molecule has 4 nitrogen and oxygen atoms in total. The van der Waals surface area contributed by atoms with Crippen LogP contribution in [0.15, 0.2) is 24.3 Å². The van der Waals surface area contributed by atoms with Crippen LogP contribution in [0.2, 0.25) is 0 Å². The van der Waals surface area contributed by atoms with Gasteiger partial charge in [-0.25, -0.2) is 0 Å². The SMILES string of the molecule is CCc1cc(C(F)(F)F)c2ccc([N+](=O)[O-])cc2n1. The monoisotopic (exact) mass is 270 g/mol. The quantitative estimate of drug-likeness (QED) is 0.617. The van der Waals surface area contributed by atoms with Gasteiger partial charge in [0.1, 0.15) is 0 Å². The number of rotatable bonds is 2. The topological polar surface area (TPSA) is 56.0 Å². The minimum atomic E-state index is -4.51. The second-order valence-corrected chi connectivity index (χ2v) is 3.97. The van der Waals surface area contributed by atoms with E-state index in [4.69, 9.17) is 0 Å². The summed E-state index contributed by atoms with van der Waals surface area (Å²) in [6.45, 7) is 1.67. The molecule has 0 aliphatic heterocycles. The summed E-state index contributed by atoms with van der Waals surface area (Å²) < 4.78 is 38.8. The van der Waals surface area contributed by atoms with Crippen LogP contribution in [0.4, 0.5) is 18.9 Å². The molecule has 0 radical (unpaired) electrons. The number of benzene rings is 1. The largest absolute Gasteiger partial charge is 0.417 e. The van der Waals surface area contributed by atoms with Gasteiger partial charge in [0.25, 0.3) is 5.69 Å². The van der Waals surface area contributed by atoms with Crippen LogP contribution in [0, 0.1) is 10.1 Å². The predicted octanol–water partition coefficient (Wildman–Crippen LogP) is 3.72. The van der Waals surface area contributed by atoms with E-state index in [-0.39, 0.29) is 22.3 Å². The Kier molecular flexibility index (Phi) is 3.13. The molecule has 1 aromatic heterocycles. The first-order valence-corrected chi connectivity index (χ1v) is 5.48. The van der Waals surface area contributed by atoms with E-state index in [1.54, 1.807) is 6.92 Å². The molecule has 0 saturated carbocycles. The van der Waals surface area contributed by atoms with Crippen LogP contribution in [-0.4, -0.2) is 9.91 Å². The van der Waals surface area contributed by atoms with Gasteiger partial charge in [0.2, 0.25) is 0 Å².